The van der Waals surface area contributed by atoms with E-state index < -0.39 is 0 Å². The first-order valence-corrected chi connectivity index (χ1v) is 7.55. The van der Waals surface area contributed by atoms with Crippen LogP contribution in [0.2, 0.25) is 5.02 Å². The van der Waals surface area contributed by atoms with Crippen LogP contribution >= 0.6 is 11.6 Å². The highest BCUT2D eigenvalue weighted by molar-refractivity contribution is 6.30. The molecule has 1 N–H and O–H groups in total. The van der Waals surface area contributed by atoms with Gasteiger partial charge in [0.1, 0.15) is 6.07 Å². The molecular weight excluding hydrogens is 270 g/mol. The number of benzene rings is 1. The molecule has 0 radical (unpaired) electrons. The summed E-state index contributed by atoms with van der Waals surface area (Å²) >= 11 is 6.08. The maximum Gasteiger partial charge on any atom is 0.101 e. The van der Waals surface area contributed by atoms with Gasteiger partial charge in [-0.2, -0.15) is 5.26 Å². The Morgan fingerprint density at radius 2 is 2.00 bits per heavy atom. The van der Waals surface area contributed by atoms with Crippen LogP contribution in [0.25, 0.3) is 0 Å². The number of anilines is 1. The van der Waals surface area contributed by atoms with Crippen molar-refractivity contribution >= 4 is 17.3 Å². The third kappa shape index (κ3) is 3.65. The normalized spacial score (nSPS) is 17.8. The second-order valence-electron chi connectivity index (χ2n) is 6.01. The molecule has 0 aliphatic heterocycles. The van der Waals surface area contributed by atoms with Gasteiger partial charge >= 0.3 is 0 Å². The van der Waals surface area contributed by atoms with E-state index in [-0.39, 0.29) is 5.54 Å². The van der Waals surface area contributed by atoms with E-state index in [1.807, 2.05) is 6.07 Å². The van der Waals surface area contributed by atoms with Gasteiger partial charge < -0.3 is 10.2 Å². The van der Waals surface area contributed by atoms with Crippen LogP contribution in [0.5, 0.6) is 0 Å². The number of nitriles is 1. The summed E-state index contributed by atoms with van der Waals surface area (Å²) < 4.78 is 0. The van der Waals surface area contributed by atoms with Gasteiger partial charge in [0.15, 0.2) is 0 Å². The van der Waals surface area contributed by atoms with Gasteiger partial charge in [-0.1, -0.05) is 30.9 Å². The summed E-state index contributed by atoms with van der Waals surface area (Å²) in [5.74, 6) is 0. The smallest absolute Gasteiger partial charge is 0.101 e. The Hall–Kier alpha value is -1.24. The van der Waals surface area contributed by atoms with E-state index in [9.17, 15) is 5.26 Å². The van der Waals surface area contributed by atoms with Gasteiger partial charge in [0, 0.05) is 11.6 Å². The minimum atomic E-state index is 0.0536. The van der Waals surface area contributed by atoms with Gasteiger partial charge in [-0.25, -0.2) is 0 Å². The standard InChI is InChI=1S/C16H22ClN3/c1-20(2)12-16(8-4-3-5-9-16)19-15-10-14(17)7-6-13(15)11-18/h6-7,10,19H,3-5,8-9,12H2,1-2H3. The maximum absolute atomic E-state index is 9.26. The first kappa shape index (κ1) is 15.2. The summed E-state index contributed by atoms with van der Waals surface area (Å²) in [5, 5.41) is 13.6. The van der Waals surface area contributed by atoms with Crippen molar-refractivity contribution in [3.05, 3.63) is 28.8 Å². The number of likely N-dealkylation sites (N-methyl/N-ethyl adjacent to an activating group) is 1. The van der Waals surface area contributed by atoms with Crippen LogP contribution in [0.15, 0.2) is 18.2 Å². The predicted octanol–water partition coefficient (Wildman–Crippen LogP) is 3.89. The summed E-state index contributed by atoms with van der Waals surface area (Å²) in [4.78, 5) is 2.22. The highest BCUT2D eigenvalue weighted by Gasteiger charge is 2.33. The van der Waals surface area contributed by atoms with Crippen molar-refractivity contribution in [2.45, 2.75) is 37.6 Å². The first-order chi connectivity index (χ1) is 9.54. The molecule has 2 rings (SSSR count). The molecule has 1 aliphatic carbocycles. The van der Waals surface area contributed by atoms with Crippen molar-refractivity contribution in [3.8, 4) is 6.07 Å². The van der Waals surface area contributed by atoms with E-state index in [4.69, 9.17) is 11.6 Å². The van der Waals surface area contributed by atoms with Crippen LogP contribution in [-0.4, -0.2) is 31.1 Å². The lowest BCUT2D eigenvalue weighted by Crippen LogP contribution is -2.48. The minimum absolute atomic E-state index is 0.0536. The Labute approximate surface area is 126 Å². The largest absolute Gasteiger partial charge is 0.377 e. The van der Waals surface area contributed by atoms with Gasteiger partial charge in [0.05, 0.1) is 16.8 Å². The Kier molecular flexibility index (Phi) is 4.91. The van der Waals surface area contributed by atoms with Gasteiger partial charge in [0.2, 0.25) is 0 Å². The number of rotatable bonds is 4. The second-order valence-corrected chi connectivity index (χ2v) is 6.44. The average molecular weight is 292 g/mol. The molecule has 0 saturated heterocycles. The van der Waals surface area contributed by atoms with Crippen LogP contribution in [0, 0.1) is 11.3 Å². The Balaban J connectivity index is 2.28. The molecule has 0 spiro atoms. The number of nitrogens with one attached hydrogen (secondary N) is 1. The van der Waals surface area contributed by atoms with Crippen LogP contribution in [-0.2, 0) is 0 Å². The van der Waals surface area contributed by atoms with Gasteiger partial charge in [0.25, 0.3) is 0 Å². The van der Waals surface area contributed by atoms with Gasteiger partial charge in [-0.05, 0) is 45.1 Å². The SMILES string of the molecule is CN(C)CC1(Nc2cc(Cl)ccc2C#N)CCCCC1. The fourth-order valence-corrected chi connectivity index (χ4v) is 3.33. The van der Waals surface area contributed by atoms with E-state index in [1.54, 1.807) is 12.1 Å². The van der Waals surface area contributed by atoms with E-state index in [1.165, 1.54) is 19.3 Å². The molecule has 0 heterocycles. The van der Waals surface area contributed by atoms with Crippen molar-refractivity contribution in [2.24, 2.45) is 0 Å². The molecule has 0 aromatic heterocycles. The molecular formula is C16H22ClN3. The molecule has 0 atom stereocenters. The Morgan fingerprint density at radius 1 is 1.30 bits per heavy atom. The van der Waals surface area contributed by atoms with E-state index >= 15 is 0 Å². The quantitative estimate of drug-likeness (QED) is 0.915. The highest BCUT2D eigenvalue weighted by atomic mass is 35.5. The van der Waals surface area contributed by atoms with Crippen LogP contribution in [0.4, 0.5) is 5.69 Å². The summed E-state index contributed by atoms with van der Waals surface area (Å²) in [6.07, 6.45) is 6.06. The van der Waals surface area contributed by atoms with E-state index in [2.05, 4.69) is 30.4 Å². The zero-order valence-corrected chi connectivity index (χ0v) is 13.0. The first-order valence-electron chi connectivity index (χ1n) is 7.17. The van der Waals surface area contributed by atoms with Crippen molar-refractivity contribution in [1.29, 1.82) is 5.26 Å². The minimum Gasteiger partial charge on any atom is -0.377 e. The topological polar surface area (TPSA) is 39.1 Å². The molecule has 1 fully saturated rings. The summed E-state index contributed by atoms with van der Waals surface area (Å²) in [7, 11) is 4.20. The maximum atomic E-state index is 9.26. The zero-order valence-electron chi connectivity index (χ0n) is 12.2. The van der Waals surface area contributed by atoms with Crippen molar-refractivity contribution in [2.75, 3.05) is 26.0 Å². The number of hydrogen-bond donors (Lipinski definition) is 1. The molecule has 0 amide bonds. The van der Waals surface area contributed by atoms with Crippen molar-refractivity contribution < 1.29 is 0 Å². The molecule has 0 bridgehead atoms. The van der Waals surface area contributed by atoms with E-state index in [0.29, 0.717) is 10.6 Å². The fraction of sp³-hybridized carbons (Fsp3) is 0.562. The monoisotopic (exact) mass is 291 g/mol. The molecule has 1 aliphatic rings. The predicted molar refractivity (Wildman–Crippen MR) is 84.2 cm³/mol. The molecule has 1 saturated carbocycles. The molecule has 1 aromatic carbocycles. The van der Waals surface area contributed by atoms with Crippen molar-refractivity contribution in [3.63, 3.8) is 0 Å². The fourth-order valence-electron chi connectivity index (χ4n) is 3.16. The number of nitrogens with zero attached hydrogens (tertiary/aromatic N) is 2. The van der Waals surface area contributed by atoms with Crippen LogP contribution in [0.3, 0.4) is 0 Å². The van der Waals surface area contributed by atoms with Crippen LogP contribution < -0.4 is 5.32 Å². The number of hydrogen-bond acceptors (Lipinski definition) is 3. The lowest BCUT2D eigenvalue weighted by Gasteiger charge is -2.41. The summed E-state index contributed by atoms with van der Waals surface area (Å²) in [6, 6.07) is 7.67. The third-order valence-electron chi connectivity index (χ3n) is 3.93. The molecule has 1 aromatic rings. The molecule has 4 heteroatoms. The molecule has 20 heavy (non-hydrogen) atoms. The summed E-state index contributed by atoms with van der Waals surface area (Å²) in [6.45, 7) is 0.977. The molecule has 0 unspecified atom stereocenters. The Morgan fingerprint density at radius 3 is 2.60 bits per heavy atom. The van der Waals surface area contributed by atoms with E-state index in [0.717, 1.165) is 25.1 Å². The molecule has 3 nitrogen and oxygen atoms in total. The van der Waals surface area contributed by atoms with Gasteiger partial charge in [-0.3, -0.25) is 0 Å². The lowest BCUT2D eigenvalue weighted by atomic mass is 9.81. The highest BCUT2D eigenvalue weighted by Crippen LogP contribution is 2.34. The van der Waals surface area contributed by atoms with Crippen LogP contribution in [0.1, 0.15) is 37.7 Å². The average Bonchev–Trinajstić information content (AvgIpc) is 2.39. The zero-order chi connectivity index (χ0) is 14.6. The lowest BCUT2D eigenvalue weighted by molar-refractivity contribution is 0.240. The molecule has 108 valence electrons. The Bertz CT molecular complexity index is 499. The van der Waals surface area contributed by atoms with Crippen molar-refractivity contribution in [1.82, 2.24) is 4.90 Å². The number of halogens is 1. The van der Waals surface area contributed by atoms with Gasteiger partial charge in [-0.15, -0.1) is 0 Å². The third-order valence-corrected chi connectivity index (χ3v) is 4.17. The second kappa shape index (κ2) is 6.47. The summed E-state index contributed by atoms with van der Waals surface area (Å²) in [5.41, 5.74) is 1.58.